The third kappa shape index (κ3) is 1.48. The van der Waals surface area contributed by atoms with E-state index >= 15 is 0 Å². The summed E-state index contributed by atoms with van der Waals surface area (Å²) in [5.74, 6) is -0.819. The summed E-state index contributed by atoms with van der Waals surface area (Å²) in [7, 11) is 0. The molecule has 0 aromatic carbocycles. The number of imidazole rings is 1. The minimum absolute atomic E-state index is 0.0287. The Bertz CT molecular complexity index is 359. The van der Waals surface area contributed by atoms with E-state index in [9.17, 15) is 4.79 Å². The van der Waals surface area contributed by atoms with Gasteiger partial charge in [-0.05, 0) is 28.8 Å². The molecule has 1 aromatic rings. The lowest BCUT2D eigenvalue weighted by molar-refractivity contribution is -0.136. The molecule has 1 aliphatic rings. The minimum Gasteiger partial charge on any atom is -0.481 e. The fourth-order valence-corrected chi connectivity index (χ4v) is 2.30. The molecule has 0 amide bonds. The molecular weight excluding hydrogens is 236 g/mol. The Kier molecular flexibility index (Phi) is 2.11. The predicted octanol–water partition coefficient (Wildman–Crippen LogP) is 1.22. The Balaban J connectivity index is 2.36. The van der Waals surface area contributed by atoms with E-state index in [0.29, 0.717) is 5.69 Å². The highest BCUT2D eigenvalue weighted by Gasteiger charge is 2.21. The van der Waals surface area contributed by atoms with Crippen LogP contribution in [0.2, 0.25) is 0 Å². The molecule has 1 aromatic heterocycles. The zero-order valence-electron chi connectivity index (χ0n) is 6.96. The standard InChI is InChI=1S/C8H9BrN2O2/c9-8-10-5(4-7(12)13)6-2-1-3-11(6)8/h1-4H2,(H,12,13). The summed E-state index contributed by atoms with van der Waals surface area (Å²) in [6.45, 7) is 0.947. The smallest absolute Gasteiger partial charge is 0.309 e. The van der Waals surface area contributed by atoms with Gasteiger partial charge in [0.1, 0.15) is 0 Å². The van der Waals surface area contributed by atoms with E-state index in [2.05, 4.69) is 20.9 Å². The fraction of sp³-hybridized carbons (Fsp3) is 0.500. The summed E-state index contributed by atoms with van der Waals surface area (Å²) >= 11 is 3.32. The quantitative estimate of drug-likeness (QED) is 0.852. The second-order valence-corrected chi connectivity index (χ2v) is 3.81. The molecule has 0 atom stereocenters. The summed E-state index contributed by atoms with van der Waals surface area (Å²) in [4.78, 5) is 14.7. The zero-order chi connectivity index (χ0) is 9.42. The second kappa shape index (κ2) is 3.14. The van der Waals surface area contributed by atoms with E-state index in [0.717, 1.165) is 29.8 Å². The lowest BCUT2D eigenvalue weighted by Gasteiger charge is -1.95. The minimum atomic E-state index is -0.819. The number of rotatable bonds is 2. The normalized spacial score (nSPS) is 14.5. The van der Waals surface area contributed by atoms with Gasteiger partial charge in [-0.3, -0.25) is 4.79 Å². The van der Waals surface area contributed by atoms with Gasteiger partial charge in [0.25, 0.3) is 0 Å². The number of carboxylic acids is 1. The molecule has 0 saturated carbocycles. The van der Waals surface area contributed by atoms with Crippen molar-refractivity contribution in [2.45, 2.75) is 25.8 Å². The lowest BCUT2D eigenvalue weighted by atomic mass is 10.2. The number of aromatic nitrogens is 2. The zero-order valence-corrected chi connectivity index (χ0v) is 8.54. The van der Waals surface area contributed by atoms with E-state index in [4.69, 9.17) is 5.11 Å². The van der Waals surface area contributed by atoms with Gasteiger partial charge in [0, 0.05) is 12.2 Å². The van der Waals surface area contributed by atoms with Crippen LogP contribution < -0.4 is 0 Å². The molecule has 4 nitrogen and oxygen atoms in total. The summed E-state index contributed by atoms with van der Waals surface area (Å²) in [6.07, 6.45) is 2.06. The topological polar surface area (TPSA) is 55.1 Å². The Morgan fingerprint density at radius 1 is 1.69 bits per heavy atom. The number of carboxylic acid groups (broad SMARTS) is 1. The van der Waals surface area contributed by atoms with Gasteiger partial charge < -0.3 is 9.67 Å². The van der Waals surface area contributed by atoms with Crippen molar-refractivity contribution < 1.29 is 9.90 Å². The first-order chi connectivity index (χ1) is 6.18. The molecule has 1 aliphatic heterocycles. The van der Waals surface area contributed by atoms with Gasteiger partial charge in [-0.2, -0.15) is 0 Å². The van der Waals surface area contributed by atoms with Crippen molar-refractivity contribution in [1.29, 1.82) is 0 Å². The number of aliphatic carboxylic acids is 1. The predicted molar refractivity (Wildman–Crippen MR) is 49.6 cm³/mol. The van der Waals surface area contributed by atoms with Crippen LogP contribution in [0.5, 0.6) is 0 Å². The van der Waals surface area contributed by atoms with E-state index in [-0.39, 0.29) is 6.42 Å². The highest BCUT2D eigenvalue weighted by Crippen LogP contribution is 2.24. The van der Waals surface area contributed by atoms with E-state index in [1.54, 1.807) is 0 Å². The SMILES string of the molecule is O=C(O)Cc1nc(Br)n2c1CCC2. The van der Waals surface area contributed by atoms with Gasteiger partial charge in [-0.1, -0.05) is 0 Å². The first-order valence-electron chi connectivity index (χ1n) is 4.14. The number of carbonyl (C=O) groups is 1. The molecule has 2 heterocycles. The number of hydrogen-bond donors (Lipinski definition) is 1. The van der Waals surface area contributed by atoms with Gasteiger partial charge in [-0.15, -0.1) is 0 Å². The Morgan fingerprint density at radius 2 is 2.46 bits per heavy atom. The molecule has 2 rings (SSSR count). The van der Waals surface area contributed by atoms with Crippen molar-refractivity contribution in [3.8, 4) is 0 Å². The Morgan fingerprint density at radius 3 is 3.15 bits per heavy atom. The van der Waals surface area contributed by atoms with Crippen LogP contribution in [0, 0.1) is 0 Å². The monoisotopic (exact) mass is 244 g/mol. The molecule has 13 heavy (non-hydrogen) atoms. The van der Waals surface area contributed by atoms with Gasteiger partial charge in [-0.25, -0.2) is 4.98 Å². The first-order valence-corrected chi connectivity index (χ1v) is 4.93. The molecule has 5 heteroatoms. The van der Waals surface area contributed by atoms with Gasteiger partial charge in [0.2, 0.25) is 0 Å². The Hall–Kier alpha value is -0.840. The third-order valence-corrected chi connectivity index (χ3v) is 2.83. The molecule has 0 bridgehead atoms. The Labute approximate surface area is 83.7 Å². The van der Waals surface area contributed by atoms with Crippen molar-refractivity contribution >= 4 is 21.9 Å². The summed E-state index contributed by atoms with van der Waals surface area (Å²) in [5, 5.41) is 8.64. The van der Waals surface area contributed by atoms with Crippen LogP contribution in [-0.4, -0.2) is 20.6 Å². The van der Waals surface area contributed by atoms with Crippen molar-refractivity contribution in [2.24, 2.45) is 0 Å². The maximum Gasteiger partial charge on any atom is 0.309 e. The maximum atomic E-state index is 10.5. The van der Waals surface area contributed by atoms with Crippen LogP contribution in [0.1, 0.15) is 17.8 Å². The fourth-order valence-electron chi connectivity index (χ4n) is 1.70. The molecule has 0 unspecified atom stereocenters. The lowest BCUT2D eigenvalue weighted by Crippen LogP contribution is -2.03. The van der Waals surface area contributed by atoms with E-state index < -0.39 is 5.97 Å². The van der Waals surface area contributed by atoms with Crippen LogP contribution >= 0.6 is 15.9 Å². The average molecular weight is 245 g/mol. The van der Waals surface area contributed by atoms with Crippen molar-refractivity contribution in [1.82, 2.24) is 9.55 Å². The molecule has 1 N–H and O–H groups in total. The van der Waals surface area contributed by atoms with Crippen LogP contribution in [0.15, 0.2) is 4.73 Å². The van der Waals surface area contributed by atoms with Crippen LogP contribution in [-0.2, 0) is 24.2 Å². The van der Waals surface area contributed by atoms with Crippen LogP contribution in [0.4, 0.5) is 0 Å². The van der Waals surface area contributed by atoms with Crippen molar-refractivity contribution in [3.63, 3.8) is 0 Å². The summed E-state index contributed by atoms with van der Waals surface area (Å²) in [5.41, 5.74) is 1.78. The number of nitrogens with zero attached hydrogens (tertiary/aromatic N) is 2. The molecular formula is C8H9BrN2O2. The highest BCUT2D eigenvalue weighted by atomic mass is 79.9. The summed E-state index contributed by atoms with van der Waals surface area (Å²) < 4.78 is 2.80. The average Bonchev–Trinajstić information content (AvgIpc) is 2.56. The summed E-state index contributed by atoms with van der Waals surface area (Å²) in [6, 6.07) is 0. The van der Waals surface area contributed by atoms with Gasteiger partial charge >= 0.3 is 5.97 Å². The molecule has 0 fully saturated rings. The van der Waals surface area contributed by atoms with Crippen molar-refractivity contribution in [3.05, 3.63) is 16.1 Å². The molecule has 0 radical (unpaired) electrons. The molecule has 0 aliphatic carbocycles. The van der Waals surface area contributed by atoms with E-state index in [1.165, 1.54) is 0 Å². The van der Waals surface area contributed by atoms with E-state index in [1.807, 2.05) is 4.57 Å². The maximum absolute atomic E-state index is 10.5. The molecule has 70 valence electrons. The number of hydrogen-bond acceptors (Lipinski definition) is 2. The van der Waals surface area contributed by atoms with Gasteiger partial charge in [0.15, 0.2) is 4.73 Å². The van der Waals surface area contributed by atoms with Crippen LogP contribution in [0.3, 0.4) is 0 Å². The largest absolute Gasteiger partial charge is 0.481 e. The van der Waals surface area contributed by atoms with Crippen molar-refractivity contribution in [2.75, 3.05) is 0 Å². The number of fused-ring (bicyclic) bond motifs is 1. The molecule has 0 spiro atoms. The molecule has 0 saturated heterocycles. The van der Waals surface area contributed by atoms with Gasteiger partial charge in [0.05, 0.1) is 12.1 Å². The van der Waals surface area contributed by atoms with Crippen LogP contribution in [0.25, 0.3) is 0 Å². The first kappa shape index (κ1) is 8.74. The highest BCUT2D eigenvalue weighted by molar-refractivity contribution is 9.10. The number of halogens is 1. The second-order valence-electron chi connectivity index (χ2n) is 3.10. The third-order valence-electron chi connectivity index (χ3n) is 2.22.